The number of nitrogens with zero attached hydrogens (tertiary/aromatic N) is 3. The summed E-state index contributed by atoms with van der Waals surface area (Å²) in [6.45, 7) is 4.96. The molecule has 1 fully saturated rings. The van der Waals surface area contributed by atoms with Crippen LogP contribution in [0.4, 0.5) is 5.69 Å². The SMILES string of the molecule is C[C@@H]1C[C@H](C)CN(S(=O)(=O)c2ccc(NC(=O)Cn3cnc4ccccc4c3=O)cc2)C1. The normalized spacial score (nSPS) is 19.7. The molecule has 1 amide bonds. The van der Waals surface area contributed by atoms with E-state index in [0.29, 0.717) is 41.5 Å². The largest absolute Gasteiger partial charge is 0.325 e. The van der Waals surface area contributed by atoms with Gasteiger partial charge in [0.05, 0.1) is 22.1 Å². The average molecular weight is 455 g/mol. The molecule has 1 saturated heterocycles. The van der Waals surface area contributed by atoms with E-state index in [1.807, 2.05) is 0 Å². The summed E-state index contributed by atoms with van der Waals surface area (Å²) in [7, 11) is -3.58. The van der Waals surface area contributed by atoms with Crippen LogP contribution in [0.15, 0.2) is 64.5 Å². The van der Waals surface area contributed by atoms with Crippen LogP contribution < -0.4 is 10.9 Å². The molecule has 9 heteroatoms. The van der Waals surface area contributed by atoms with E-state index in [1.165, 1.54) is 23.0 Å². The zero-order valence-corrected chi connectivity index (χ0v) is 18.9. The molecule has 0 radical (unpaired) electrons. The van der Waals surface area contributed by atoms with Gasteiger partial charge in [0.1, 0.15) is 6.54 Å². The molecule has 32 heavy (non-hydrogen) atoms. The first-order chi connectivity index (χ1) is 15.2. The molecular formula is C23H26N4O4S. The summed E-state index contributed by atoms with van der Waals surface area (Å²) in [5, 5.41) is 3.15. The third-order valence-corrected chi connectivity index (χ3v) is 7.50. The molecule has 2 atom stereocenters. The molecule has 1 aromatic heterocycles. The topological polar surface area (TPSA) is 101 Å². The molecule has 1 N–H and O–H groups in total. The number of para-hydroxylation sites is 1. The second kappa shape index (κ2) is 8.84. The molecule has 0 aliphatic carbocycles. The first-order valence-corrected chi connectivity index (χ1v) is 12.0. The monoisotopic (exact) mass is 454 g/mol. The van der Waals surface area contributed by atoms with Gasteiger partial charge >= 0.3 is 0 Å². The fraction of sp³-hybridized carbons (Fsp3) is 0.348. The minimum absolute atomic E-state index is 0.194. The lowest BCUT2D eigenvalue weighted by Gasteiger charge is -2.34. The van der Waals surface area contributed by atoms with Gasteiger partial charge in [-0.3, -0.25) is 14.2 Å². The van der Waals surface area contributed by atoms with Crippen LogP contribution in [-0.2, 0) is 21.4 Å². The average Bonchev–Trinajstić information content (AvgIpc) is 2.75. The van der Waals surface area contributed by atoms with Crippen LogP contribution in [0.25, 0.3) is 10.9 Å². The van der Waals surface area contributed by atoms with E-state index in [4.69, 9.17) is 0 Å². The number of fused-ring (bicyclic) bond motifs is 1. The predicted octanol–water partition coefficient (Wildman–Crippen LogP) is 2.70. The summed E-state index contributed by atoms with van der Waals surface area (Å²) >= 11 is 0. The zero-order chi connectivity index (χ0) is 22.9. The summed E-state index contributed by atoms with van der Waals surface area (Å²) < 4.78 is 28.8. The lowest BCUT2D eigenvalue weighted by molar-refractivity contribution is -0.116. The van der Waals surface area contributed by atoms with Crippen molar-refractivity contribution in [3.63, 3.8) is 0 Å². The van der Waals surface area contributed by atoms with Gasteiger partial charge in [-0.2, -0.15) is 4.31 Å². The van der Waals surface area contributed by atoms with E-state index in [1.54, 1.807) is 40.7 Å². The lowest BCUT2D eigenvalue weighted by atomic mass is 9.94. The van der Waals surface area contributed by atoms with Crippen LogP contribution in [0.3, 0.4) is 0 Å². The summed E-state index contributed by atoms with van der Waals surface area (Å²) in [5.41, 5.74) is 0.733. The lowest BCUT2D eigenvalue weighted by Crippen LogP contribution is -2.42. The molecule has 1 aliphatic rings. The van der Waals surface area contributed by atoms with Crippen LogP contribution >= 0.6 is 0 Å². The number of hydrogen-bond donors (Lipinski definition) is 1. The Hall–Kier alpha value is -3.04. The highest BCUT2D eigenvalue weighted by Gasteiger charge is 2.31. The number of benzene rings is 2. The highest BCUT2D eigenvalue weighted by Crippen LogP contribution is 2.27. The number of aromatic nitrogens is 2. The van der Waals surface area contributed by atoms with Crippen LogP contribution in [0.2, 0.25) is 0 Å². The molecular weight excluding hydrogens is 428 g/mol. The van der Waals surface area contributed by atoms with Crippen molar-refractivity contribution in [1.29, 1.82) is 0 Å². The maximum Gasteiger partial charge on any atom is 0.261 e. The van der Waals surface area contributed by atoms with Crippen molar-refractivity contribution >= 4 is 32.5 Å². The van der Waals surface area contributed by atoms with Gasteiger partial charge in [-0.05, 0) is 54.7 Å². The van der Waals surface area contributed by atoms with Gasteiger partial charge in [0, 0.05) is 18.8 Å². The van der Waals surface area contributed by atoms with Crippen molar-refractivity contribution in [1.82, 2.24) is 13.9 Å². The van der Waals surface area contributed by atoms with Crippen molar-refractivity contribution in [2.24, 2.45) is 11.8 Å². The number of anilines is 1. The Kier molecular flexibility index (Phi) is 6.12. The maximum absolute atomic E-state index is 13.0. The van der Waals surface area contributed by atoms with Crippen LogP contribution in [0, 0.1) is 11.8 Å². The first kappa shape index (κ1) is 22.2. The van der Waals surface area contributed by atoms with E-state index < -0.39 is 15.9 Å². The van der Waals surface area contributed by atoms with Crippen LogP contribution in [0.5, 0.6) is 0 Å². The van der Waals surface area contributed by atoms with Gasteiger partial charge in [0.2, 0.25) is 15.9 Å². The highest BCUT2D eigenvalue weighted by molar-refractivity contribution is 7.89. The summed E-state index contributed by atoms with van der Waals surface area (Å²) in [6.07, 6.45) is 2.37. The van der Waals surface area contributed by atoms with E-state index in [2.05, 4.69) is 24.1 Å². The number of sulfonamides is 1. The molecule has 4 rings (SSSR count). The molecule has 1 aliphatic heterocycles. The number of carbonyl (C=O) groups excluding carboxylic acids is 1. The van der Waals surface area contributed by atoms with Gasteiger partial charge in [-0.25, -0.2) is 13.4 Å². The summed E-state index contributed by atoms with van der Waals surface area (Å²) in [4.78, 5) is 29.4. The molecule has 0 unspecified atom stereocenters. The van der Waals surface area contributed by atoms with E-state index in [9.17, 15) is 18.0 Å². The van der Waals surface area contributed by atoms with Crippen molar-refractivity contribution in [3.05, 3.63) is 65.2 Å². The number of rotatable bonds is 5. The number of piperidine rings is 1. The standard InChI is InChI=1S/C23H26N4O4S/c1-16-11-17(2)13-27(12-16)32(30,31)19-9-7-18(8-10-19)25-22(28)14-26-15-24-21-6-4-3-5-20(21)23(26)29/h3-10,15-17H,11-14H2,1-2H3,(H,25,28)/t16-,17+. The Morgan fingerprint density at radius 3 is 2.41 bits per heavy atom. The molecule has 0 saturated carbocycles. The molecule has 3 aromatic rings. The van der Waals surface area contributed by atoms with Gasteiger partial charge in [0.25, 0.3) is 5.56 Å². The summed E-state index contributed by atoms with van der Waals surface area (Å²) in [6, 6.07) is 13.1. The molecule has 2 aromatic carbocycles. The Morgan fingerprint density at radius 2 is 1.72 bits per heavy atom. The minimum Gasteiger partial charge on any atom is -0.325 e. The van der Waals surface area contributed by atoms with Crippen molar-refractivity contribution in [3.8, 4) is 0 Å². The van der Waals surface area contributed by atoms with Crippen molar-refractivity contribution in [2.75, 3.05) is 18.4 Å². The second-order valence-electron chi connectivity index (χ2n) is 8.54. The van der Waals surface area contributed by atoms with Crippen molar-refractivity contribution < 1.29 is 13.2 Å². The Morgan fingerprint density at radius 1 is 1.06 bits per heavy atom. The van der Waals surface area contributed by atoms with Crippen LogP contribution in [-0.4, -0.2) is 41.3 Å². The molecule has 0 bridgehead atoms. The molecule has 8 nitrogen and oxygen atoms in total. The van der Waals surface area contributed by atoms with E-state index in [-0.39, 0.29) is 17.0 Å². The van der Waals surface area contributed by atoms with E-state index in [0.717, 1.165) is 6.42 Å². The molecule has 2 heterocycles. The smallest absolute Gasteiger partial charge is 0.261 e. The fourth-order valence-corrected chi connectivity index (χ4v) is 5.91. The third kappa shape index (κ3) is 4.58. The Labute approximate surface area is 186 Å². The van der Waals surface area contributed by atoms with Gasteiger partial charge < -0.3 is 5.32 Å². The van der Waals surface area contributed by atoms with Crippen molar-refractivity contribution in [2.45, 2.75) is 31.7 Å². The highest BCUT2D eigenvalue weighted by atomic mass is 32.2. The Balaban J connectivity index is 1.45. The molecule has 0 spiro atoms. The number of carbonyl (C=O) groups is 1. The number of hydrogen-bond acceptors (Lipinski definition) is 5. The van der Waals surface area contributed by atoms with Gasteiger partial charge in [-0.1, -0.05) is 26.0 Å². The minimum atomic E-state index is -3.58. The third-order valence-electron chi connectivity index (χ3n) is 5.66. The number of nitrogens with one attached hydrogen (secondary N) is 1. The predicted molar refractivity (Wildman–Crippen MR) is 123 cm³/mol. The first-order valence-electron chi connectivity index (χ1n) is 10.6. The maximum atomic E-state index is 13.0. The Bertz CT molecular complexity index is 1290. The fourth-order valence-electron chi connectivity index (χ4n) is 4.24. The van der Waals surface area contributed by atoms with Crippen LogP contribution in [0.1, 0.15) is 20.3 Å². The zero-order valence-electron chi connectivity index (χ0n) is 18.1. The van der Waals surface area contributed by atoms with E-state index >= 15 is 0 Å². The molecule has 168 valence electrons. The van der Waals surface area contributed by atoms with Gasteiger partial charge in [-0.15, -0.1) is 0 Å². The second-order valence-corrected chi connectivity index (χ2v) is 10.5. The number of amides is 1. The van der Waals surface area contributed by atoms with Gasteiger partial charge in [0.15, 0.2) is 0 Å². The quantitative estimate of drug-likeness (QED) is 0.639. The summed E-state index contributed by atoms with van der Waals surface area (Å²) in [5.74, 6) is 0.235.